The van der Waals surface area contributed by atoms with E-state index in [1.54, 1.807) is 0 Å². The van der Waals surface area contributed by atoms with Crippen LogP contribution in [-0.4, -0.2) is 16.8 Å². The molecule has 2 nitrogen and oxygen atoms in total. The highest BCUT2D eigenvalue weighted by Gasteiger charge is 2.24. The molecule has 20 heavy (non-hydrogen) atoms. The summed E-state index contributed by atoms with van der Waals surface area (Å²) in [7, 11) is 0. The van der Waals surface area contributed by atoms with Crippen LogP contribution in [0.25, 0.3) is 0 Å². The van der Waals surface area contributed by atoms with Gasteiger partial charge in [-0.3, -0.25) is 4.79 Å². The van der Waals surface area contributed by atoms with Crippen LogP contribution < -0.4 is 0 Å². The first-order valence-corrected chi connectivity index (χ1v) is 7.58. The number of hydrogen-bond acceptors (Lipinski definition) is 1. The Morgan fingerprint density at radius 3 is 2.45 bits per heavy atom. The third-order valence-corrected chi connectivity index (χ3v) is 3.56. The number of rotatable bonds is 5. The number of benzene rings is 1. The second-order valence-electron chi connectivity index (χ2n) is 7.01. The fourth-order valence-electron chi connectivity index (χ4n) is 2.27. The fourth-order valence-corrected chi connectivity index (χ4v) is 2.27. The maximum atomic E-state index is 12.6. The van der Waals surface area contributed by atoms with Gasteiger partial charge in [0.05, 0.1) is 0 Å². The van der Waals surface area contributed by atoms with E-state index in [0.29, 0.717) is 13.0 Å². The molecule has 0 heterocycles. The summed E-state index contributed by atoms with van der Waals surface area (Å²) < 4.78 is 0. The molecular formula is C18H29NO. The van der Waals surface area contributed by atoms with Crippen LogP contribution >= 0.6 is 0 Å². The van der Waals surface area contributed by atoms with E-state index in [1.165, 1.54) is 11.1 Å². The molecule has 1 unspecified atom stereocenters. The van der Waals surface area contributed by atoms with Crippen molar-refractivity contribution in [2.24, 2.45) is 5.41 Å². The minimum atomic E-state index is 0.0371. The van der Waals surface area contributed by atoms with Crippen molar-refractivity contribution in [1.82, 2.24) is 4.90 Å². The summed E-state index contributed by atoms with van der Waals surface area (Å²) in [6.45, 7) is 13.4. The zero-order chi connectivity index (χ0) is 15.3. The number of amides is 1. The molecule has 0 spiro atoms. The second kappa shape index (κ2) is 6.92. The Kier molecular flexibility index (Phi) is 5.79. The second-order valence-corrected chi connectivity index (χ2v) is 7.01. The maximum Gasteiger partial charge on any atom is 0.223 e. The lowest BCUT2D eigenvalue weighted by Gasteiger charge is -2.31. The predicted octanol–water partition coefficient (Wildman–Crippen LogP) is 4.56. The molecule has 0 aliphatic rings. The summed E-state index contributed by atoms with van der Waals surface area (Å²) >= 11 is 0. The largest absolute Gasteiger partial charge is 0.336 e. The summed E-state index contributed by atoms with van der Waals surface area (Å²) in [5, 5.41) is 0. The van der Waals surface area contributed by atoms with Crippen LogP contribution in [0.1, 0.15) is 58.6 Å². The van der Waals surface area contributed by atoms with E-state index in [-0.39, 0.29) is 17.4 Å². The smallest absolute Gasteiger partial charge is 0.223 e. The average Bonchev–Trinajstić information content (AvgIpc) is 2.33. The summed E-state index contributed by atoms with van der Waals surface area (Å²) in [6, 6.07) is 8.71. The number of carbonyl (C=O) groups excluding carboxylic acids is 1. The van der Waals surface area contributed by atoms with Crippen molar-refractivity contribution >= 4 is 5.91 Å². The lowest BCUT2D eigenvalue weighted by Crippen LogP contribution is -2.39. The lowest BCUT2D eigenvalue weighted by atomic mass is 9.91. The topological polar surface area (TPSA) is 20.3 Å². The minimum Gasteiger partial charge on any atom is -0.336 e. The Balaban J connectivity index is 2.87. The molecule has 1 amide bonds. The number of carbonyl (C=O) groups is 1. The van der Waals surface area contributed by atoms with E-state index in [4.69, 9.17) is 0 Å². The van der Waals surface area contributed by atoms with Crippen LogP contribution in [0, 0.1) is 12.3 Å². The van der Waals surface area contributed by atoms with Gasteiger partial charge < -0.3 is 4.90 Å². The molecule has 1 aromatic carbocycles. The molecule has 2 heteroatoms. The lowest BCUT2D eigenvalue weighted by molar-refractivity contribution is -0.135. The zero-order valence-corrected chi connectivity index (χ0v) is 13.9. The number of hydrogen-bond donors (Lipinski definition) is 0. The molecule has 0 aromatic heterocycles. The van der Waals surface area contributed by atoms with Crippen molar-refractivity contribution in [2.45, 2.75) is 67.0 Å². The Labute approximate surface area is 124 Å². The highest BCUT2D eigenvalue weighted by Crippen LogP contribution is 2.22. The van der Waals surface area contributed by atoms with Gasteiger partial charge in [-0.25, -0.2) is 0 Å². The van der Waals surface area contributed by atoms with Crippen molar-refractivity contribution in [3.05, 3.63) is 35.4 Å². The maximum absolute atomic E-state index is 12.6. The SMILES string of the molecule is CCC(C)N(Cc1cccc(C)c1)C(=O)CC(C)(C)C. The van der Waals surface area contributed by atoms with Gasteiger partial charge in [0.1, 0.15) is 0 Å². The van der Waals surface area contributed by atoms with E-state index >= 15 is 0 Å². The normalized spacial score (nSPS) is 13.1. The first-order valence-electron chi connectivity index (χ1n) is 7.58. The van der Waals surface area contributed by atoms with Crippen LogP contribution in [0.4, 0.5) is 0 Å². The highest BCUT2D eigenvalue weighted by atomic mass is 16.2. The van der Waals surface area contributed by atoms with Gasteiger partial charge >= 0.3 is 0 Å². The van der Waals surface area contributed by atoms with Crippen LogP contribution in [0.2, 0.25) is 0 Å². The molecule has 0 bridgehead atoms. The van der Waals surface area contributed by atoms with Gasteiger partial charge in [0.2, 0.25) is 5.91 Å². The molecule has 0 saturated carbocycles. The summed E-state index contributed by atoms with van der Waals surface area (Å²) in [5.74, 6) is 0.258. The number of nitrogens with zero attached hydrogens (tertiary/aromatic N) is 1. The summed E-state index contributed by atoms with van der Waals surface area (Å²) in [6.07, 6.45) is 1.59. The van der Waals surface area contributed by atoms with E-state index in [2.05, 4.69) is 65.8 Å². The first-order chi connectivity index (χ1) is 9.23. The fraction of sp³-hybridized carbons (Fsp3) is 0.611. The zero-order valence-electron chi connectivity index (χ0n) is 13.9. The Morgan fingerprint density at radius 1 is 1.30 bits per heavy atom. The van der Waals surface area contributed by atoms with E-state index in [0.717, 1.165) is 6.42 Å². The first kappa shape index (κ1) is 16.7. The third-order valence-electron chi connectivity index (χ3n) is 3.56. The predicted molar refractivity (Wildman–Crippen MR) is 85.6 cm³/mol. The van der Waals surface area contributed by atoms with Gasteiger partial charge in [-0.2, -0.15) is 0 Å². The van der Waals surface area contributed by atoms with Crippen LogP contribution in [0.15, 0.2) is 24.3 Å². The van der Waals surface area contributed by atoms with Crippen molar-refractivity contribution in [2.75, 3.05) is 0 Å². The van der Waals surface area contributed by atoms with Gasteiger partial charge in [0.25, 0.3) is 0 Å². The van der Waals surface area contributed by atoms with Gasteiger partial charge in [-0.05, 0) is 31.2 Å². The monoisotopic (exact) mass is 275 g/mol. The molecule has 0 aliphatic heterocycles. The van der Waals surface area contributed by atoms with E-state index in [9.17, 15) is 4.79 Å². The van der Waals surface area contributed by atoms with Crippen molar-refractivity contribution < 1.29 is 4.79 Å². The minimum absolute atomic E-state index is 0.0371. The summed E-state index contributed by atoms with van der Waals surface area (Å²) in [5.41, 5.74) is 2.50. The van der Waals surface area contributed by atoms with Crippen LogP contribution in [0.3, 0.4) is 0 Å². The highest BCUT2D eigenvalue weighted by molar-refractivity contribution is 5.77. The quantitative estimate of drug-likeness (QED) is 0.771. The van der Waals surface area contributed by atoms with Gasteiger partial charge in [-0.15, -0.1) is 0 Å². The molecular weight excluding hydrogens is 246 g/mol. The Bertz CT molecular complexity index is 445. The average molecular weight is 275 g/mol. The molecule has 0 N–H and O–H groups in total. The van der Waals surface area contributed by atoms with Gasteiger partial charge in [0.15, 0.2) is 0 Å². The van der Waals surface area contributed by atoms with Crippen molar-refractivity contribution in [3.63, 3.8) is 0 Å². The molecule has 0 radical (unpaired) electrons. The van der Waals surface area contributed by atoms with Crippen LogP contribution in [-0.2, 0) is 11.3 Å². The molecule has 0 fully saturated rings. The van der Waals surface area contributed by atoms with E-state index in [1.807, 2.05) is 4.90 Å². The molecule has 1 rings (SSSR count). The summed E-state index contributed by atoms with van der Waals surface area (Å²) in [4.78, 5) is 14.6. The van der Waals surface area contributed by atoms with Gasteiger partial charge in [0, 0.05) is 19.0 Å². The standard InChI is InChI=1S/C18H29NO/c1-7-15(3)19(17(20)12-18(4,5)6)13-16-10-8-9-14(2)11-16/h8-11,15H,7,12-13H2,1-6H3. The van der Waals surface area contributed by atoms with Crippen molar-refractivity contribution in [1.29, 1.82) is 0 Å². The van der Waals surface area contributed by atoms with E-state index < -0.39 is 0 Å². The third kappa shape index (κ3) is 5.36. The Morgan fingerprint density at radius 2 is 1.95 bits per heavy atom. The Hall–Kier alpha value is -1.31. The van der Waals surface area contributed by atoms with Crippen molar-refractivity contribution in [3.8, 4) is 0 Å². The molecule has 0 aliphatic carbocycles. The van der Waals surface area contributed by atoms with Gasteiger partial charge in [-0.1, -0.05) is 57.5 Å². The molecule has 0 saturated heterocycles. The number of aryl methyl sites for hydroxylation is 1. The molecule has 112 valence electrons. The van der Waals surface area contributed by atoms with Crippen LogP contribution in [0.5, 0.6) is 0 Å². The molecule has 1 atom stereocenters. The molecule has 1 aromatic rings.